The number of ether oxygens (including phenoxy) is 1. The van der Waals surface area contributed by atoms with Crippen LogP contribution in [0.4, 0.5) is 0 Å². The molecule has 1 atom stereocenters. The Balaban J connectivity index is 3.37. The fourth-order valence-corrected chi connectivity index (χ4v) is 1.59. The van der Waals surface area contributed by atoms with Crippen molar-refractivity contribution in [2.45, 2.75) is 12.5 Å². The molecule has 1 N–H and O–H groups in total. The van der Waals surface area contributed by atoms with Crippen molar-refractivity contribution in [3.05, 3.63) is 29.8 Å². The Morgan fingerprint density at radius 2 is 1.94 bits per heavy atom. The van der Waals surface area contributed by atoms with Crippen LogP contribution in [0, 0.1) is 0 Å². The lowest BCUT2D eigenvalue weighted by Gasteiger charge is -2.33. The van der Waals surface area contributed by atoms with Crippen LogP contribution in [0.3, 0.4) is 0 Å². The van der Waals surface area contributed by atoms with Gasteiger partial charge < -0.3 is 9.84 Å². The van der Waals surface area contributed by atoms with E-state index in [0.717, 1.165) is 0 Å². The number of para-hydroxylation sites is 1. The van der Waals surface area contributed by atoms with Gasteiger partial charge in [-0.2, -0.15) is 0 Å². The average molecular weight is 223 g/mol. The molecule has 0 saturated carbocycles. The fraction of sp³-hybridized carbons (Fsp3) is 0.417. The Morgan fingerprint density at radius 3 is 2.38 bits per heavy atom. The average Bonchev–Trinajstić information content (AvgIpc) is 2.27. The zero-order valence-corrected chi connectivity index (χ0v) is 10.0. The SMILES string of the molecule is COc1ccccc1C(C)(C(=O)O)N(C)C. The summed E-state index contributed by atoms with van der Waals surface area (Å²) in [4.78, 5) is 13.1. The van der Waals surface area contributed by atoms with Crippen LogP contribution in [-0.2, 0) is 10.3 Å². The lowest BCUT2D eigenvalue weighted by Crippen LogP contribution is -2.45. The number of aliphatic carboxylic acids is 1. The molecule has 0 aromatic heterocycles. The summed E-state index contributed by atoms with van der Waals surface area (Å²) in [6.07, 6.45) is 0. The summed E-state index contributed by atoms with van der Waals surface area (Å²) in [5, 5.41) is 9.38. The van der Waals surface area contributed by atoms with Gasteiger partial charge in [0.1, 0.15) is 11.3 Å². The van der Waals surface area contributed by atoms with E-state index in [2.05, 4.69) is 0 Å². The van der Waals surface area contributed by atoms with E-state index in [1.54, 1.807) is 38.1 Å². The summed E-state index contributed by atoms with van der Waals surface area (Å²) in [5.41, 5.74) is -0.443. The molecule has 0 fully saturated rings. The fourth-order valence-electron chi connectivity index (χ4n) is 1.59. The lowest BCUT2D eigenvalue weighted by atomic mass is 9.90. The lowest BCUT2D eigenvalue weighted by molar-refractivity contribution is -0.149. The van der Waals surface area contributed by atoms with Crippen molar-refractivity contribution in [1.82, 2.24) is 4.90 Å². The molecule has 0 bridgehead atoms. The Kier molecular flexibility index (Phi) is 3.55. The third-order valence-corrected chi connectivity index (χ3v) is 2.94. The summed E-state index contributed by atoms with van der Waals surface area (Å²) >= 11 is 0. The normalized spacial score (nSPS) is 14.6. The molecule has 0 heterocycles. The van der Waals surface area contributed by atoms with Crippen LogP contribution in [0.1, 0.15) is 12.5 Å². The molecule has 1 aromatic carbocycles. The minimum absolute atomic E-state index is 0.584. The first-order valence-electron chi connectivity index (χ1n) is 4.99. The second-order valence-electron chi connectivity index (χ2n) is 3.97. The molecule has 4 nitrogen and oxygen atoms in total. The molecular formula is C12H17NO3. The summed E-state index contributed by atoms with van der Waals surface area (Å²) in [7, 11) is 5.01. The van der Waals surface area contributed by atoms with Crippen molar-refractivity contribution in [2.75, 3.05) is 21.2 Å². The van der Waals surface area contributed by atoms with Crippen molar-refractivity contribution in [3.63, 3.8) is 0 Å². The molecule has 0 spiro atoms. The van der Waals surface area contributed by atoms with Crippen LogP contribution in [0.15, 0.2) is 24.3 Å². The zero-order valence-electron chi connectivity index (χ0n) is 10.0. The Bertz CT molecular complexity index is 390. The van der Waals surface area contributed by atoms with Gasteiger partial charge in [-0.25, -0.2) is 4.79 Å². The Morgan fingerprint density at radius 1 is 1.38 bits per heavy atom. The number of carboxylic acid groups (broad SMARTS) is 1. The smallest absolute Gasteiger partial charge is 0.328 e. The van der Waals surface area contributed by atoms with Gasteiger partial charge in [-0.05, 0) is 27.1 Å². The highest BCUT2D eigenvalue weighted by Gasteiger charge is 2.39. The molecule has 0 amide bonds. The van der Waals surface area contributed by atoms with E-state index in [-0.39, 0.29) is 0 Å². The second kappa shape index (κ2) is 4.53. The minimum Gasteiger partial charge on any atom is -0.496 e. The third-order valence-electron chi connectivity index (χ3n) is 2.94. The van der Waals surface area contributed by atoms with Gasteiger partial charge in [0.15, 0.2) is 0 Å². The van der Waals surface area contributed by atoms with Gasteiger partial charge in [-0.15, -0.1) is 0 Å². The van der Waals surface area contributed by atoms with E-state index >= 15 is 0 Å². The first-order chi connectivity index (χ1) is 7.44. The molecular weight excluding hydrogens is 206 g/mol. The van der Waals surface area contributed by atoms with Crippen LogP contribution < -0.4 is 4.74 Å². The molecule has 0 aliphatic heterocycles. The number of hydrogen-bond donors (Lipinski definition) is 1. The van der Waals surface area contributed by atoms with Gasteiger partial charge in [0.2, 0.25) is 0 Å². The molecule has 0 aliphatic carbocycles. The highest BCUT2D eigenvalue weighted by atomic mass is 16.5. The molecule has 88 valence electrons. The maximum atomic E-state index is 11.4. The first kappa shape index (κ1) is 12.5. The van der Waals surface area contributed by atoms with Crippen LogP contribution in [0.2, 0.25) is 0 Å². The number of benzene rings is 1. The van der Waals surface area contributed by atoms with Crippen molar-refractivity contribution in [2.24, 2.45) is 0 Å². The standard InChI is InChI=1S/C12H17NO3/c1-12(11(14)15,13(2)3)9-7-5-6-8-10(9)16-4/h5-8H,1-4H3,(H,14,15). The first-order valence-corrected chi connectivity index (χ1v) is 4.99. The van der Waals surface area contributed by atoms with Gasteiger partial charge in [0.05, 0.1) is 7.11 Å². The highest BCUT2D eigenvalue weighted by Crippen LogP contribution is 2.33. The zero-order chi connectivity index (χ0) is 12.3. The van der Waals surface area contributed by atoms with Crippen molar-refractivity contribution >= 4 is 5.97 Å². The summed E-state index contributed by atoms with van der Waals surface area (Å²) in [5.74, 6) is -0.317. The second-order valence-corrected chi connectivity index (χ2v) is 3.97. The maximum Gasteiger partial charge on any atom is 0.328 e. The van der Waals surface area contributed by atoms with Crippen LogP contribution in [-0.4, -0.2) is 37.2 Å². The highest BCUT2D eigenvalue weighted by molar-refractivity contribution is 5.81. The largest absolute Gasteiger partial charge is 0.496 e. The Labute approximate surface area is 95.5 Å². The van der Waals surface area contributed by atoms with Crippen molar-refractivity contribution < 1.29 is 14.6 Å². The van der Waals surface area contributed by atoms with E-state index in [1.807, 2.05) is 12.1 Å². The monoisotopic (exact) mass is 223 g/mol. The van der Waals surface area contributed by atoms with E-state index in [4.69, 9.17) is 4.74 Å². The predicted octanol–water partition coefficient (Wildman–Crippen LogP) is 1.56. The number of methoxy groups -OCH3 is 1. The van der Waals surface area contributed by atoms with Gasteiger partial charge in [-0.1, -0.05) is 18.2 Å². The molecule has 16 heavy (non-hydrogen) atoms. The van der Waals surface area contributed by atoms with E-state index in [0.29, 0.717) is 11.3 Å². The number of likely N-dealkylation sites (N-methyl/N-ethyl adjacent to an activating group) is 1. The Hall–Kier alpha value is -1.55. The third kappa shape index (κ3) is 1.88. The minimum atomic E-state index is -1.09. The van der Waals surface area contributed by atoms with Crippen molar-refractivity contribution in [3.8, 4) is 5.75 Å². The van der Waals surface area contributed by atoms with Gasteiger partial charge in [0, 0.05) is 5.56 Å². The van der Waals surface area contributed by atoms with Crippen LogP contribution in [0.25, 0.3) is 0 Å². The van der Waals surface area contributed by atoms with E-state index < -0.39 is 11.5 Å². The number of nitrogens with zero attached hydrogens (tertiary/aromatic N) is 1. The molecule has 0 saturated heterocycles. The predicted molar refractivity (Wildman–Crippen MR) is 61.7 cm³/mol. The van der Waals surface area contributed by atoms with Crippen molar-refractivity contribution in [1.29, 1.82) is 0 Å². The molecule has 0 radical (unpaired) electrons. The quantitative estimate of drug-likeness (QED) is 0.841. The molecule has 1 rings (SSSR count). The molecule has 0 aliphatic rings. The summed E-state index contributed by atoms with van der Waals surface area (Å²) in [6, 6.07) is 7.16. The van der Waals surface area contributed by atoms with Gasteiger partial charge >= 0.3 is 5.97 Å². The molecule has 1 aromatic rings. The number of carboxylic acids is 1. The number of carbonyl (C=O) groups is 1. The van der Waals surface area contributed by atoms with Crippen LogP contribution >= 0.6 is 0 Å². The van der Waals surface area contributed by atoms with E-state index in [1.165, 1.54) is 7.11 Å². The summed E-state index contributed by atoms with van der Waals surface area (Å²) in [6.45, 7) is 1.66. The molecule has 4 heteroatoms. The number of hydrogen-bond acceptors (Lipinski definition) is 3. The van der Waals surface area contributed by atoms with E-state index in [9.17, 15) is 9.90 Å². The number of rotatable bonds is 4. The topological polar surface area (TPSA) is 49.8 Å². The maximum absolute atomic E-state index is 11.4. The van der Waals surface area contributed by atoms with Gasteiger partial charge in [-0.3, -0.25) is 4.90 Å². The summed E-state index contributed by atoms with van der Waals surface area (Å²) < 4.78 is 5.20. The van der Waals surface area contributed by atoms with Gasteiger partial charge in [0.25, 0.3) is 0 Å². The van der Waals surface area contributed by atoms with Crippen LogP contribution in [0.5, 0.6) is 5.75 Å². The molecule has 1 unspecified atom stereocenters.